The molecule has 0 atom stereocenters. The number of para-hydroxylation sites is 1. The first kappa shape index (κ1) is 22.6. The second kappa shape index (κ2) is 9.09. The minimum Gasteiger partial charge on any atom is -0.354 e. The van der Waals surface area contributed by atoms with Gasteiger partial charge in [0.1, 0.15) is 18.2 Å². The number of nitrogens with zero attached hydrogens (tertiary/aromatic N) is 3. The monoisotopic (exact) mass is 458 g/mol. The Morgan fingerprint density at radius 3 is 2.58 bits per heavy atom. The summed E-state index contributed by atoms with van der Waals surface area (Å²) in [6.07, 6.45) is -1.25. The molecule has 0 unspecified atom stereocenters. The van der Waals surface area contributed by atoms with Crippen LogP contribution < -0.4 is 0 Å². The number of imidazole rings is 1. The lowest BCUT2D eigenvalue weighted by molar-refractivity contribution is -0.141. The van der Waals surface area contributed by atoms with Gasteiger partial charge < -0.3 is 14.5 Å². The van der Waals surface area contributed by atoms with Crippen molar-refractivity contribution in [2.45, 2.75) is 32.1 Å². The number of aromatic amines is 1. The van der Waals surface area contributed by atoms with Gasteiger partial charge in [0.25, 0.3) is 0 Å². The molecule has 2 aromatic heterocycles. The first-order chi connectivity index (χ1) is 15.7. The molecular weight excluding hydrogens is 436 g/mol. The Bertz CT molecular complexity index is 1260. The number of alkyl halides is 3. The number of amides is 1. The van der Waals surface area contributed by atoms with Gasteiger partial charge in [0, 0.05) is 42.5 Å². The first-order valence-electron chi connectivity index (χ1n) is 10.4. The maximum atomic E-state index is 13.4. The summed E-state index contributed by atoms with van der Waals surface area (Å²) in [6, 6.07) is 13.8. The fourth-order valence-electron chi connectivity index (χ4n) is 3.87. The molecule has 0 aliphatic carbocycles. The van der Waals surface area contributed by atoms with E-state index in [2.05, 4.69) is 9.97 Å². The Morgan fingerprint density at radius 2 is 1.85 bits per heavy atom. The lowest BCUT2D eigenvalue weighted by atomic mass is 10.0. The Morgan fingerprint density at radius 1 is 1.12 bits per heavy atom. The summed E-state index contributed by atoms with van der Waals surface area (Å²) in [6.45, 7) is -1.18. The van der Waals surface area contributed by atoms with Crippen molar-refractivity contribution in [3.05, 3.63) is 78.1 Å². The molecule has 0 aliphatic heterocycles. The third-order valence-electron chi connectivity index (χ3n) is 5.49. The number of aromatic nitrogens is 3. The van der Waals surface area contributed by atoms with E-state index in [1.165, 1.54) is 29.4 Å². The SMILES string of the molecule is CN(Cc1nccn1CC(F)(F)F)C(=O)CCc1c(-c2ccc(F)cc2)[nH]c2ccccc12. The number of halogens is 4. The molecule has 4 rings (SSSR count). The smallest absolute Gasteiger partial charge is 0.354 e. The van der Waals surface area contributed by atoms with Crippen molar-refractivity contribution in [2.24, 2.45) is 0 Å². The molecule has 172 valence electrons. The second-order valence-corrected chi connectivity index (χ2v) is 7.87. The van der Waals surface area contributed by atoms with Crippen LogP contribution in [-0.2, 0) is 24.3 Å². The van der Waals surface area contributed by atoms with E-state index in [0.29, 0.717) is 6.42 Å². The van der Waals surface area contributed by atoms with Crippen LogP contribution in [0.4, 0.5) is 17.6 Å². The second-order valence-electron chi connectivity index (χ2n) is 7.87. The van der Waals surface area contributed by atoms with Crippen LogP contribution in [0, 0.1) is 5.82 Å². The third kappa shape index (κ3) is 5.24. The summed E-state index contributed by atoms with van der Waals surface area (Å²) < 4.78 is 52.6. The zero-order valence-corrected chi connectivity index (χ0v) is 17.9. The lowest BCUT2D eigenvalue weighted by Gasteiger charge is -2.18. The first-order valence-corrected chi connectivity index (χ1v) is 10.4. The summed E-state index contributed by atoms with van der Waals surface area (Å²) >= 11 is 0. The number of fused-ring (bicyclic) bond motifs is 1. The average Bonchev–Trinajstić information content (AvgIpc) is 3.35. The Balaban J connectivity index is 1.50. The van der Waals surface area contributed by atoms with E-state index >= 15 is 0 Å². The average molecular weight is 458 g/mol. The van der Waals surface area contributed by atoms with E-state index in [1.807, 2.05) is 24.3 Å². The molecule has 4 aromatic rings. The highest BCUT2D eigenvalue weighted by Gasteiger charge is 2.29. The van der Waals surface area contributed by atoms with Crippen LogP contribution in [0.1, 0.15) is 17.8 Å². The molecule has 0 saturated carbocycles. The van der Waals surface area contributed by atoms with E-state index in [1.54, 1.807) is 19.2 Å². The van der Waals surface area contributed by atoms with Crippen molar-refractivity contribution in [1.29, 1.82) is 0 Å². The summed E-state index contributed by atoms with van der Waals surface area (Å²) in [7, 11) is 1.55. The van der Waals surface area contributed by atoms with E-state index < -0.39 is 12.7 Å². The van der Waals surface area contributed by atoms with Crippen molar-refractivity contribution >= 4 is 16.8 Å². The molecule has 5 nitrogen and oxygen atoms in total. The van der Waals surface area contributed by atoms with Crippen LogP contribution >= 0.6 is 0 Å². The number of rotatable bonds is 7. The van der Waals surface area contributed by atoms with Gasteiger partial charge in [-0.1, -0.05) is 18.2 Å². The number of benzene rings is 2. The van der Waals surface area contributed by atoms with Gasteiger partial charge in [-0.25, -0.2) is 9.37 Å². The van der Waals surface area contributed by atoms with Crippen molar-refractivity contribution in [2.75, 3.05) is 7.05 Å². The molecule has 2 aromatic carbocycles. The molecule has 0 bridgehead atoms. The molecular formula is C24H22F4N4O. The molecule has 0 aliphatic rings. The fraction of sp³-hybridized carbons (Fsp3) is 0.250. The van der Waals surface area contributed by atoms with Gasteiger partial charge in [0.15, 0.2) is 0 Å². The summed E-state index contributed by atoms with van der Waals surface area (Å²) in [5, 5.41) is 0.966. The summed E-state index contributed by atoms with van der Waals surface area (Å²) in [5.74, 6) is -0.383. The van der Waals surface area contributed by atoms with E-state index in [0.717, 1.165) is 32.3 Å². The lowest BCUT2D eigenvalue weighted by Crippen LogP contribution is -2.29. The van der Waals surface area contributed by atoms with Crippen LogP contribution in [-0.4, -0.2) is 38.6 Å². The molecule has 0 saturated heterocycles. The van der Waals surface area contributed by atoms with E-state index in [-0.39, 0.29) is 30.5 Å². The Kier molecular flexibility index (Phi) is 6.22. The van der Waals surface area contributed by atoms with Gasteiger partial charge in [-0.3, -0.25) is 4.79 Å². The summed E-state index contributed by atoms with van der Waals surface area (Å²) in [5.41, 5.74) is 3.45. The van der Waals surface area contributed by atoms with Gasteiger partial charge >= 0.3 is 6.18 Å². The minimum atomic E-state index is -4.37. The summed E-state index contributed by atoms with van der Waals surface area (Å²) in [4.78, 5) is 21.5. The van der Waals surface area contributed by atoms with Crippen molar-refractivity contribution in [1.82, 2.24) is 19.4 Å². The van der Waals surface area contributed by atoms with Crippen molar-refractivity contribution < 1.29 is 22.4 Å². The Hall–Kier alpha value is -3.62. The molecule has 2 heterocycles. The quantitative estimate of drug-likeness (QED) is 0.381. The van der Waals surface area contributed by atoms with E-state index in [9.17, 15) is 22.4 Å². The highest BCUT2D eigenvalue weighted by atomic mass is 19.4. The highest BCUT2D eigenvalue weighted by Crippen LogP contribution is 2.31. The maximum absolute atomic E-state index is 13.4. The van der Waals surface area contributed by atoms with Crippen LogP contribution in [0.3, 0.4) is 0 Å². The number of carbonyl (C=O) groups is 1. The molecule has 0 spiro atoms. The van der Waals surface area contributed by atoms with Crippen LogP contribution in [0.2, 0.25) is 0 Å². The standard InChI is InChI=1S/C24H22F4N4O/c1-31(14-21-29-12-13-32(21)15-24(26,27)28)22(33)11-10-19-18-4-2-3-5-20(18)30-23(19)16-6-8-17(25)9-7-16/h2-9,12-13,30H,10-11,14-15H2,1H3. The zero-order chi connectivity index (χ0) is 23.6. The zero-order valence-electron chi connectivity index (χ0n) is 17.9. The van der Waals surface area contributed by atoms with Gasteiger partial charge in [0.2, 0.25) is 5.91 Å². The largest absolute Gasteiger partial charge is 0.406 e. The molecule has 0 radical (unpaired) electrons. The normalized spacial score (nSPS) is 11.8. The highest BCUT2D eigenvalue weighted by molar-refractivity contribution is 5.91. The van der Waals surface area contributed by atoms with Crippen molar-refractivity contribution in [3.8, 4) is 11.3 Å². The topological polar surface area (TPSA) is 53.9 Å². The predicted octanol–water partition coefficient (Wildman–Crippen LogP) is 5.32. The van der Waals surface area contributed by atoms with Gasteiger partial charge in [-0.15, -0.1) is 0 Å². The number of H-pyrrole nitrogens is 1. The third-order valence-corrected chi connectivity index (χ3v) is 5.49. The predicted molar refractivity (Wildman–Crippen MR) is 117 cm³/mol. The number of aryl methyl sites for hydroxylation is 1. The van der Waals surface area contributed by atoms with Gasteiger partial charge in [0.05, 0.1) is 6.54 Å². The molecule has 1 N–H and O–H groups in total. The number of nitrogens with one attached hydrogen (secondary N) is 1. The Labute approximate surface area is 187 Å². The maximum Gasteiger partial charge on any atom is 0.406 e. The number of hydrogen-bond acceptors (Lipinski definition) is 2. The number of hydrogen-bond donors (Lipinski definition) is 1. The van der Waals surface area contributed by atoms with E-state index in [4.69, 9.17) is 0 Å². The molecule has 1 amide bonds. The minimum absolute atomic E-state index is 0.0272. The molecule has 33 heavy (non-hydrogen) atoms. The van der Waals surface area contributed by atoms with Gasteiger partial charge in [-0.05, 0) is 47.9 Å². The van der Waals surface area contributed by atoms with Crippen LogP contribution in [0.15, 0.2) is 60.9 Å². The molecule has 9 heteroatoms. The van der Waals surface area contributed by atoms with Crippen LogP contribution in [0.5, 0.6) is 0 Å². The number of carbonyl (C=O) groups excluding carboxylic acids is 1. The van der Waals surface area contributed by atoms with Crippen molar-refractivity contribution in [3.63, 3.8) is 0 Å². The van der Waals surface area contributed by atoms with Gasteiger partial charge in [-0.2, -0.15) is 13.2 Å². The molecule has 0 fully saturated rings. The fourth-order valence-corrected chi connectivity index (χ4v) is 3.87. The van der Waals surface area contributed by atoms with Crippen LogP contribution in [0.25, 0.3) is 22.2 Å².